The predicted octanol–water partition coefficient (Wildman–Crippen LogP) is 5.08. The third-order valence-electron chi connectivity index (χ3n) is 15.2. The van der Waals surface area contributed by atoms with E-state index in [4.69, 9.17) is 18.9 Å². The molecule has 316 valence electrons. The summed E-state index contributed by atoms with van der Waals surface area (Å²) >= 11 is 0. The molecule has 6 fully saturated rings. The Kier molecular flexibility index (Phi) is 15.2. The van der Waals surface area contributed by atoms with Crippen LogP contribution in [0.4, 0.5) is 0 Å². The molecule has 0 aromatic carbocycles. The van der Waals surface area contributed by atoms with Gasteiger partial charge in [-0.05, 0) is 148 Å². The Balaban J connectivity index is 0.890. The van der Waals surface area contributed by atoms with E-state index in [9.17, 15) is 28.8 Å². The van der Waals surface area contributed by atoms with Gasteiger partial charge < -0.3 is 38.3 Å². The van der Waals surface area contributed by atoms with E-state index >= 15 is 0 Å². The number of nitrogens with zero attached hydrogens (tertiary/aromatic N) is 2. The van der Waals surface area contributed by atoms with Crippen LogP contribution in [0.3, 0.4) is 0 Å². The van der Waals surface area contributed by atoms with Crippen LogP contribution in [0.5, 0.6) is 0 Å². The maximum absolute atomic E-state index is 12.6. The molecule has 0 spiro atoms. The first-order valence-electron chi connectivity index (χ1n) is 21.7. The number of hydrogen-bond acceptors (Lipinski definition) is 10. The summed E-state index contributed by atoms with van der Waals surface area (Å²) in [6.07, 6.45) is 14.0. The van der Waals surface area contributed by atoms with Crippen molar-refractivity contribution in [1.29, 1.82) is 0 Å². The summed E-state index contributed by atoms with van der Waals surface area (Å²) in [5.74, 6) is 6.67. The Labute approximate surface area is 338 Å². The molecule has 0 saturated heterocycles. The van der Waals surface area contributed by atoms with Crippen molar-refractivity contribution in [2.75, 3.05) is 52.6 Å². The SMILES string of the molecule is C=CC(=O)OCC1CC2C3CC(COC(C=O)CCN(CCN(CCC(C=O)OCC4CC5CC4C4CC(CO/C(C=O)=C/C)CC54)C(C)=O)C(C)=O)C(C3)C2C1. The Hall–Kier alpha value is -3.38. The molecule has 14 unspecified atom stereocenters. The molecule has 6 saturated carbocycles. The highest BCUT2D eigenvalue weighted by molar-refractivity contribution is 5.81. The van der Waals surface area contributed by atoms with E-state index in [1.54, 1.807) is 15.9 Å². The van der Waals surface area contributed by atoms with E-state index in [1.165, 1.54) is 32.8 Å². The molecule has 6 aliphatic carbocycles. The second-order valence-corrected chi connectivity index (χ2v) is 18.2. The normalized spacial score (nSPS) is 34.3. The topological polar surface area (TPSA) is 146 Å². The molecule has 4 bridgehead atoms. The first kappa shape index (κ1) is 43.2. The lowest BCUT2D eigenvalue weighted by atomic mass is 9.76. The number of amides is 2. The number of carbonyl (C=O) groups is 6. The van der Waals surface area contributed by atoms with Crippen molar-refractivity contribution < 1.29 is 47.7 Å². The monoisotopic (exact) mass is 794 g/mol. The predicted molar refractivity (Wildman–Crippen MR) is 211 cm³/mol. The van der Waals surface area contributed by atoms with Crippen LogP contribution in [-0.2, 0) is 47.7 Å². The van der Waals surface area contributed by atoms with Crippen molar-refractivity contribution >= 4 is 36.6 Å². The molecule has 0 radical (unpaired) electrons. The zero-order valence-corrected chi connectivity index (χ0v) is 34.4. The van der Waals surface area contributed by atoms with Crippen molar-refractivity contribution in [3.8, 4) is 0 Å². The number of ether oxygens (including phenoxy) is 4. The number of fused-ring (bicyclic) bond motifs is 10. The summed E-state index contributed by atoms with van der Waals surface area (Å²) in [5.41, 5.74) is 0. The number of hydrogen-bond donors (Lipinski definition) is 0. The highest BCUT2D eigenvalue weighted by atomic mass is 16.5. The van der Waals surface area contributed by atoms with Crippen LogP contribution in [0.1, 0.15) is 85.0 Å². The van der Waals surface area contributed by atoms with E-state index in [1.807, 2.05) is 6.92 Å². The van der Waals surface area contributed by atoms with Crippen LogP contribution in [0.2, 0.25) is 0 Å². The largest absolute Gasteiger partial charge is 0.490 e. The molecule has 0 aromatic heterocycles. The fraction of sp³-hybridized carbons (Fsp3) is 0.778. The van der Waals surface area contributed by atoms with Crippen molar-refractivity contribution in [2.45, 2.75) is 97.2 Å². The molecule has 0 aliphatic heterocycles. The summed E-state index contributed by atoms with van der Waals surface area (Å²) in [7, 11) is 0. The molecule has 57 heavy (non-hydrogen) atoms. The molecular weight excluding hydrogens is 728 g/mol. The fourth-order valence-corrected chi connectivity index (χ4v) is 12.5. The lowest BCUT2D eigenvalue weighted by Crippen LogP contribution is -2.42. The van der Waals surface area contributed by atoms with E-state index in [2.05, 4.69) is 6.58 Å². The third kappa shape index (κ3) is 10.4. The van der Waals surface area contributed by atoms with Gasteiger partial charge in [-0.25, -0.2) is 4.79 Å². The van der Waals surface area contributed by atoms with Crippen LogP contribution in [-0.4, -0.2) is 111 Å². The molecule has 12 nitrogen and oxygen atoms in total. The maximum atomic E-state index is 12.6. The Morgan fingerprint density at radius 2 is 1.07 bits per heavy atom. The molecule has 0 aromatic rings. The zero-order chi connectivity index (χ0) is 40.6. The summed E-state index contributed by atoms with van der Waals surface area (Å²) in [6, 6.07) is 0. The zero-order valence-electron chi connectivity index (χ0n) is 34.4. The van der Waals surface area contributed by atoms with Gasteiger partial charge in [-0.15, -0.1) is 0 Å². The first-order chi connectivity index (χ1) is 27.5. The molecule has 6 aliphatic rings. The Morgan fingerprint density at radius 3 is 1.47 bits per heavy atom. The van der Waals surface area contributed by atoms with Gasteiger partial charge in [-0.2, -0.15) is 0 Å². The van der Waals surface area contributed by atoms with Crippen molar-refractivity contribution in [3.63, 3.8) is 0 Å². The second-order valence-electron chi connectivity index (χ2n) is 18.2. The molecule has 0 heterocycles. The number of esters is 1. The van der Waals surface area contributed by atoms with Crippen molar-refractivity contribution in [2.24, 2.45) is 71.0 Å². The second kappa shape index (κ2) is 20.1. The molecule has 14 atom stereocenters. The number of rotatable bonds is 24. The van der Waals surface area contributed by atoms with Gasteiger partial charge in [0.15, 0.2) is 12.0 Å². The van der Waals surface area contributed by atoms with E-state index < -0.39 is 12.2 Å². The van der Waals surface area contributed by atoms with Crippen LogP contribution >= 0.6 is 0 Å². The Morgan fingerprint density at radius 1 is 0.614 bits per heavy atom. The summed E-state index contributed by atoms with van der Waals surface area (Å²) in [4.78, 5) is 75.5. The molecule has 6 rings (SSSR count). The first-order valence-corrected chi connectivity index (χ1v) is 21.7. The number of carbonyl (C=O) groups excluding carboxylic acids is 6. The van der Waals surface area contributed by atoms with Crippen molar-refractivity contribution in [3.05, 3.63) is 24.5 Å². The van der Waals surface area contributed by atoms with Crippen molar-refractivity contribution in [1.82, 2.24) is 9.80 Å². The average Bonchev–Trinajstić information content (AvgIpc) is 4.06. The summed E-state index contributed by atoms with van der Waals surface area (Å²) < 4.78 is 23.5. The average molecular weight is 795 g/mol. The van der Waals surface area contributed by atoms with Gasteiger partial charge in [0.25, 0.3) is 0 Å². The molecule has 0 N–H and O–H groups in total. The highest BCUT2D eigenvalue weighted by Crippen LogP contribution is 2.63. The molecular formula is C45H66N2O10. The van der Waals surface area contributed by atoms with E-state index in [0.717, 1.165) is 57.4 Å². The number of allylic oxidation sites excluding steroid dienone is 2. The Bertz CT molecular complexity index is 1480. The molecule has 2 amide bonds. The van der Waals surface area contributed by atoms with Gasteiger partial charge in [0, 0.05) is 46.1 Å². The van der Waals surface area contributed by atoms with Crippen LogP contribution in [0, 0.1) is 71.0 Å². The summed E-state index contributed by atoms with van der Waals surface area (Å²) in [5, 5.41) is 0. The van der Waals surface area contributed by atoms with Gasteiger partial charge in [0.2, 0.25) is 11.8 Å². The van der Waals surface area contributed by atoms with E-state index in [-0.39, 0.29) is 17.8 Å². The van der Waals surface area contributed by atoms with Crippen LogP contribution < -0.4 is 0 Å². The van der Waals surface area contributed by atoms with Crippen LogP contribution in [0.15, 0.2) is 24.5 Å². The minimum Gasteiger partial charge on any atom is -0.490 e. The van der Waals surface area contributed by atoms with Gasteiger partial charge in [0.1, 0.15) is 24.8 Å². The third-order valence-corrected chi connectivity index (χ3v) is 15.2. The standard InChI is InChI=1S/C45H66N2O10/c1-5-36(21-48)54-24-30-13-39-32-17-34(41(19-32)43(39)15-30)26-55-37(22-49)7-9-46(28(3)51)11-12-47(29(4)52)10-8-38(23-50)56-27-35-18-33-20-42(35)44-16-31(14-40(33)44)25-57-45(53)6-2/h5-6,21-23,30-35,37-44H,2,7-20,24-27H2,1,3-4H3/b36-5+. The van der Waals surface area contributed by atoms with E-state index in [0.29, 0.717) is 142 Å². The van der Waals surface area contributed by atoms with Crippen LogP contribution in [0.25, 0.3) is 0 Å². The van der Waals surface area contributed by atoms with Gasteiger partial charge in [-0.1, -0.05) is 6.58 Å². The quantitative estimate of drug-likeness (QED) is 0.0562. The highest BCUT2D eigenvalue weighted by Gasteiger charge is 2.57. The van der Waals surface area contributed by atoms with Gasteiger partial charge in [-0.3, -0.25) is 14.4 Å². The smallest absolute Gasteiger partial charge is 0.330 e. The van der Waals surface area contributed by atoms with Gasteiger partial charge in [0.05, 0.1) is 26.4 Å². The maximum Gasteiger partial charge on any atom is 0.330 e. The lowest BCUT2D eigenvalue weighted by molar-refractivity contribution is -0.139. The van der Waals surface area contributed by atoms with Gasteiger partial charge >= 0.3 is 5.97 Å². The fourth-order valence-electron chi connectivity index (χ4n) is 12.5. The number of aldehydes is 3. The lowest BCUT2D eigenvalue weighted by Gasteiger charge is -2.32. The summed E-state index contributed by atoms with van der Waals surface area (Å²) in [6.45, 7) is 11.7. The minimum absolute atomic E-state index is 0.134. The minimum atomic E-state index is -0.615. The molecule has 12 heteroatoms.